The Morgan fingerprint density at radius 3 is 2.19 bits per heavy atom. The third-order valence-corrected chi connectivity index (χ3v) is 5.67. The largest absolute Gasteiger partial charge is 0.339 e. The molecular weight excluding hydrogens is 395 g/mol. The minimum absolute atomic E-state index is 0.0196. The van der Waals surface area contributed by atoms with Gasteiger partial charge in [-0.15, -0.1) is 0 Å². The average molecular weight is 420 g/mol. The first-order valence-electron chi connectivity index (χ1n) is 10.3. The van der Waals surface area contributed by atoms with Gasteiger partial charge in [-0.05, 0) is 61.4 Å². The summed E-state index contributed by atoms with van der Waals surface area (Å²) < 4.78 is 15.1. The lowest BCUT2D eigenvalue weighted by Gasteiger charge is -2.34. The summed E-state index contributed by atoms with van der Waals surface area (Å²) in [6.45, 7) is 7.50. The lowest BCUT2D eigenvalue weighted by Crippen LogP contribution is -2.50. The summed E-state index contributed by atoms with van der Waals surface area (Å²) in [5.74, 6) is -0.437. The van der Waals surface area contributed by atoms with Gasteiger partial charge < -0.3 is 9.80 Å². The highest BCUT2D eigenvalue weighted by Crippen LogP contribution is 2.25. The van der Waals surface area contributed by atoms with Gasteiger partial charge in [0.2, 0.25) is 5.91 Å². The third-order valence-electron chi connectivity index (χ3n) is 5.67. The number of hydrogen-bond acceptors (Lipinski definition) is 3. The molecule has 1 aliphatic rings. The van der Waals surface area contributed by atoms with E-state index in [-0.39, 0.29) is 17.6 Å². The van der Waals surface area contributed by atoms with Crippen molar-refractivity contribution in [2.45, 2.75) is 20.8 Å². The normalized spacial score (nSPS) is 14.1. The minimum Gasteiger partial charge on any atom is -0.339 e. The van der Waals surface area contributed by atoms with Crippen LogP contribution in [0, 0.1) is 19.7 Å². The van der Waals surface area contributed by atoms with Gasteiger partial charge >= 0.3 is 0 Å². The van der Waals surface area contributed by atoms with E-state index in [9.17, 15) is 14.0 Å². The van der Waals surface area contributed by atoms with Crippen molar-refractivity contribution in [3.05, 3.63) is 71.2 Å². The fourth-order valence-electron chi connectivity index (χ4n) is 3.81. The molecule has 2 amide bonds. The van der Waals surface area contributed by atoms with Crippen molar-refractivity contribution >= 4 is 11.8 Å². The predicted octanol–water partition coefficient (Wildman–Crippen LogP) is 3.60. The second kappa shape index (κ2) is 8.34. The lowest BCUT2D eigenvalue weighted by molar-refractivity contribution is -0.130. The summed E-state index contributed by atoms with van der Waals surface area (Å²) >= 11 is 0. The van der Waals surface area contributed by atoms with E-state index in [2.05, 4.69) is 0 Å². The van der Waals surface area contributed by atoms with Gasteiger partial charge in [0.1, 0.15) is 11.5 Å². The van der Waals surface area contributed by atoms with E-state index in [1.807, 2.05) is 32.0 Å². The van der Waals surface area contributed by atoms with Gasteiger partial charge in [0, 0.05) is 38.7 Å². The van der Waals surface area contributed by atoms with Gasteiger partial charge in [-0.25, -0.2) is 9.07 Å². The van der Waals surface area contributed by atoms with Gasteiger partial charge in [0.05, 0.1) is 11.4 Å². The Hall–Kier alpha value is -3.48. The Morgan fingerprint density at radius 2 is 1.55 bits per heavy atom. The topological polar surface area (TPSA) is 58.4 Å². The van der Waals surface area contributed by atoms with E-state index in [1.165, 1.54) is 12.1 Å². The number of benzene rings is 2. The number of aromatic nitrogens is 2. The first kappa shape index (κ1) is 20.8. The maximum Gasteiger partial charge on any atom is 0.272 e. The summed E-state index contributed by atoms with van der Waals surface area (Å²) in [6.07, 6.45) is 0. The van der Waals surface area contributed by atoms with Gasteiger partial charge in [-0.1, -0.05) is 12.1 Å². The number of rotatable bonds is 3. The van der Waals surface area contributed by atoms with E-state index in [0.29, 0.717) is 37.6 Å². The number of carbonyl (C=O) groups is 2. The molecule has 2 heterocycles. The molecule has 0 saturated carbocycles. The Kier molecular flexibility index (Phi) is 5.59. The molecule has 0 atom stereocenters. The van der Waals surface area contributed by atoms with Crippen LogP contribution in [0.2, 0.25) is 0 Å². The van der Waals surface area contributed by atoms with Crippen LogP contribution in [0.1, 0.15) is 28.5 Å². The zero-order valence-corrected chi connectivity index (χ0v) is 17.9. The molecule has 160 valence electrons. The zero-order chi connectivity index (χ0) is 22.1. The fourth-order valence-corrected chi connectivity index (χ4v) is 3.81. The molecule has 0 bridgehead atoms. The van der Waals surface area contributed by atoms with E-state index in [1.54, 1.807) is 39.6 Å². The number of amides is 2. The average Bonchev–Trinajstić information content (AvgIpc) is 3.20. The van der Waals surface area contributed by atoms with Gasteiger partial charge in [-0.2, -0.15) is 5.10 Å². The first-order chi connectivity index (χ1) is 14.8. The number of nitrogens with zero attached hydrogens (tertiary/aromatic N) is 4. The number of hydrogen-bond donors (Lipinski definition) is 0. The molecule has 4 rings (SSSR count). The van der Waals surface area contributed by atoms with Crippen molar-refractivity contribution in [1.29, 1.82) is 0 Å². The number of aryl methyl sites for hydroxylation is 2. The second-order valence-electron chi connectivity index (χ2n) is 7.92. The quantitative estimate of drug-likeness (QED) is 0.651. The molecule has 3 aromatic rings. The fraction of sp³-hybridized carbons (Fsp3) is 0.292. The molecule has 7 heteroatoms. The van der Waals surface area contributed by atoms with E-state index < -0.39 is 0 Å². The van der Waals surface area contributed by atoms with Crippen molar-refractivity contribution in [2.24, 2.45) is 0 Å². The van der Waals surface area contributed by atoms with E-state index >= 15 is 0 Å². The monoisotopic (exact) mass is 420 g/mol. The maximum absolute atomic E-state index is 13.5. The van der Waals surface area contributed by atoms with Gasteiger partial charge in [-0.3, -0.25) is 9.59 Å². The number of halogens is 1. The van der Waals surface area contributed by atoms with Crippen LogP contribution >= 0.6 is 0 Å². The predicted molar refractivity (Wildman–Crippen MR) is 117 cm³/mol. The van der Waals surface area contributed by atoms with Crippen LogP contribution < -0.4 is 0 Å². The Morgan fingerprint density at radius 1 is 0.903 bits per heavy atom. The van der Waals surface area contributed by atoms with Crippen LogP contribution in [0.25, 0.3) is 16.9 Å². The van der Waals surface area contributed by atoms with Crippen LogP contribution in [-0.4, -0.2) is 57.6 Å². The van der Waals surface area contributed by atoms with Crippen molar-refractivity contribution in [2.75, 3.05) is 26.2 Å². The highest BCUT2D eigenvalue weighted by atomic mass is 19.1. The summed E-state index contributed by atoms with van der Waals surface area (Å²) in [5, 5.41) is 4.72. The van der Waals surface area contributed by atoms with Gasteiger partial charge in [0.25, 0.3) is 5.91 Å². The molecule has 1 fully saturated rings. The minimum atomic E-state index is -0.322. The van der Waals surface area contributed by atoms with Crippen molar-refractivity contribution < 1.29 is 14.0 Å². The summed E-state index contributed by atoms with van der Waals surface area (Å²) in [6, 6.07) is 13.9. The number of carbonyl (C=O) groups excluding carboxylic acids is 2. The molecule has 0 radical (unpaired) electrons. The molecule has 0 spiro atoms. The Bertz CT molecular complexity index is 1130. The molecule has 1 aliphatic heterocycles. The Balaban J connectivity index is 1.75. The van der Waals surface area contributed by atoms with Crippen LogP contribution in [0.15, 0.2) is 48.5 Å². The molecule has 1 aromatic heterocycles. The summed E-state index contributed by atoms with van der Waals surface area (Å²) in [7, 11) is 0. The maximum atomic E-state index is 13.5. The van der Waals surface area contributed by atoms with Crippen LogP contribution in [0.3, 0.4) is 0 Å². The molecule has 6 nitrogen and oxygen atoms in total. The van der Waals surface area contributed by atoms with Crippen LogP contribution in [0.5, 0.6) is 0 Å². The highest BCUT2D eigenvalue weighted by Gasteiger charge is 2.27. The van der Waals surface area contributed by atoms with E-state index in [0.717, 1.165) is 22.4 Å². The SMILES string of the molecule is CC(=O)N1CCN(C(=O)c2cc(-c3ccc(F)cc3)nn2-c2cc(C)ccc2C)CC1. The van der Waals surface area contributed by atoms with Crippen molar-refractivity contribution in [1.82, 2.24) is 19.6 Å². The zero-order valence-electron chi connectivity index (χ0n) is 17.9. The number of piperazine rings is 1. The van der Waals surface area contributed by atoms with Crippen LogP contribution in [0.4, 0.5) is 4.39 Å². The molecule has 1 saturated heterocycles. The molecule has 0 N–H and O–H groups in total. The lowest BCUT2D eigenvalue weighted by atomic mass is 10.1. The molecule has 2 aromatic carbocycles. The smallest absolute Gasteiger partial charge is 0.272 e. The standard InChI is InChI=1S/C24H25FN4O2/c1-16-4-5-17(2)22(14-16)29-23(15-21(26-29)19-6-8-20(25)9-7-19)24(31)28-12-10-27(11-13-28)18(3)30/h4-9,14-15H,10-13H2,1-3H3. The summed E-state index contributed by atoms with van der Waals surface area (Å²) in [4.78, 5) is 28.6. The summed E-state index contributed by atoms with van der Waals surface area (Å²) in [5.41, 5.74) is 4.68. The highest BCUT2D eigenvalue weighted by molar-refractivity contribution is 5.94. The molecule has 0 aliphatic carbocycles. The van der Waals surface area contributed by atoms with Crippen LogP contribution in [-0.2, 0) is 4.79 Å². The van der Waals surface area contributed by atoms with Gasteiger partial charge in [0.15, 0.2) is 0 Å². The van der Waals surface area contributed by atoms with Crippen molar-refractivity contribution in [3.63, 3.8) is 0 Å². The van der Waals surface area contributed by atoms with E-state index in [4.69, 9.17) is 5.10 Å². The molecule has 31 heavy (non-hydrogen) atoms. The second-order valence-corrected chi connectivity index (χ2v) is 7.92. The first-order valence-corrected chi connectivity index (χ1v) is 10.3. The molecular formula is C24H25FN4O2. The molecule has 0 unspecified atom stereocenters. The third kappa shape index (κ3) is 4.21. The Labute approximate surface area is 180 Å². The van der Waals surface area contributed by atoms with Crippen molar-refractivity contribution in [3.8, 4) is 16.9 Å².